The lowest BCUT2D eigenvalue weighted by molar-refractivity contribution is -0.146. The molecule has 0 spiro atoms. The van der Waals surface area contributed by atoms with Crippen molar-refractivity contribution in [1.29, 1.82) is 0 Å². The zero-order chi connectivity index (χ0) is 16.3. The van der Waals surface area contributed by atoms with Crippen molar-refractivity contribution in [2.75, 3.05) is 6.61 Å². The Balaban J connectivity index is 4.15. The van der Waals surface area contributed by atoms with E-state index in [4.69, 9.17) is 9.66 Å². The molecule has 0 aromatic heterocycles. The van der Waals surface area contributed by atoms with E-state index in [0.717, 1.165) is 32.1 Å². The largest absolute Gasteiger partial charge is 0.481 e. The second-order valence-electron chi connectivity index (χ2n) is 4.55. The smallest absolute Gasteiger partial charge is 0.327 e. The first kappa shape index (κ1) is 19.6. The minimum Gasteiger partial charge on any atom is -0.481 e. The fourth-order valence-electron chi connectivity index (χ4n) is 1.57. The Bertz CT molecular complexity index is 453. The van der Waals surface area contributed by atoms with Crippen LogP contribution in [0.15, 0.2) is 12.2 Å². The van der Waals surface area contributed by atoms with E-state index < -0.39 is 33.7 Å². The van der Waals surface area contributed by atoms with Crippen molar-refractivity contribution in [2.24, 2.45) is 0 Å². The third-order valence-electron chi connectivity index (χ3n) is 2.70. The summed E-state index contributed by atoms with van der Waals surface area (Å²) in [5.41, 5.74) is 0. The van der Waals surface area contributed by atoms with Gasteiger partial charge >= 0.3 is 11.9 Å². The van der Waals surface area contributed by atoms with E-state index in [1.54, 1.807) is 6.08 Å². The van der Waals surface area contributed by atoms with Gasteiger partial charge in [0, 0.05) is 0 Å². The molecule has 0 heterocycles. The standard InChI is InChI=1S/C13H22O7S/c1-2-3-4-5-6-7-8-9-20-13(16)11(10-12(14)15)21(17,18)19/h7-8,11H,2-6,9-10H2,1H3,(H,14,15)(H,17,18,19). The maximum Gasteiger partial charge on any atom is 0.327 e. The average Bonchev–Trinajstić information content (AvgIpc) is 2.37. The summed E-state index contributed by atoms with van der Waals surface area (Å²) in [5, 5.41) is 6.42. The van der Waals surface area contributed by atoms with Gasteiger partial charge in [-0.15, -0.1) is 0 Å². The number of hydrogen-bond donors (Lipinski definition) is 2. The summed E-state index contributed by atoms with van der Waals surface area (Å²) >= 11 is 0. The molecule has 7 nitrogen and oxygen atoms in total. The van der Waals surface area contributed by atoms with Crippen LogP contribution < -0.4 is 0 Å². The predicted octanol–water partition coefficient (Wildman–Crippen LogP) is 1.79. The summed E-state index contributed by atoms with van der Waals surface area (Å²) in [7, 11) is -4.80. The highest BCUT2D eigenvalue weighted by Gasteiger charge is 2.34. The molecule has 122 valence electrons. The van der Waals surface area contributed by atoms with Crippen molar-refractivity contribution in [2.45, 2.75) is 50.7 Å². The van der Waals surface area contributed by atoms with Crippen LogP contribution in [-0.4, -0.2) is 41.9 Å². The Morgan fingerprint density at radius 1 is 1.19 bits per heavy atom. The van der Waals surface area contributed by atoms with Gasteiger partial charge in [0.2, 0.25) is 0 Å². The summed E-state index contributed by atoms with van der Waals surface area (Å²) in [6.07, 6.45) is 7.60. The molecule has 0 aromatic rings. The summed E-state index contributed by atoms with van der Waals surface area (Å²) in [6.45, 7) is 1.95. The second kappa shape index (κ2) is 10.3. The molecule has 1 unspecified atom stereocenters. The van der Waals surface area contributed by atoms with E-state index in [2.05, 4.69) is 11.7 Å². The van der Waals surface area contributed by atoms with Crippen molar-refractivity contribution in [1.82, 2.24) is 0 Å². The van der Waals surface area contributed by atoms with E-state index in [1.807, 2.05) is 6.08 Å². The fraction of sp³-hybridized carbons (Fsp3) is 0.692. The molecule has 0 aromatic carbocycles. The first-order valence-electron chi connectivity index (χ1n) is 6.78. The third-order valence-corrected chi connectivity index (χ3v) is 3.77. The van der Waals surface area contributed by atoms with E-state index in [-0.39, 0.29) is 6.61 Å². The number of esters is 1. The van der Waals surface area contributed by atoms with Gasteiger partial charge in [-0.25, -0.2) is 0 Å². The quantitative estimate of drug-likeness (QED) is 0.257. The van der Waals surface area contributed by atoms with Gasteiger partial charge in [-0.3, -0.25) is 14.1 Å². The minimum absolute atomic E-state index is 0.155. The molecule has 0 saturated heterocycles. The van der Waals surface area contributed by atoms with Gasteiger partial charge in [-0.1, -0.05) is 38.3 Å². The molecule has 8 heteroatoms. The Morgan fingerprint density at radius 3 is 2.38 bits per heavy atom. The molecule has 1 atom stereocenters. The van der Waals surface area contributed by atoms with Gasteiger partial charge in [0.05, 0.1) is 6.42 Å². The van der Waals surface area contributed by atoms with E-state index in [9.17, 15) is 18.0 Å². The van der Waals surface area contributed by atoms with Crippen molar-refractivity contribution in [3.8, 4) is 0 Å². The number of carboxylic acids is 1. The highest BCUT2D eigenvalue weighted by atomic mass is 32.2. The summed E-state index contributed by atoms with van der Waals surface area (Å²) in [5.74, 6) is -2.78. The van der Waals surface area contributed by atoms with Gasteiger partial charge in [0.15, 0.2) is 5.25 Å². The zero-order valence-electron chi connectivity index (χ0n) is 12.0. The molecule has 0 radical (unpaired) electrons. The molecule has 21 heavy (non-hydrogen) atoms. The number of aliphatic carboxylic acids is 1. The summed E-state index contributed by atoms with van der Waals surface area (Å²) in [6, 6.07) is 0. The molecule has 0 aliphatic heterocycles. The number of ether oxygens (including phenoxy) is 1. The second-order valence-corrected chi connectivity index (χ2v) is 6.15. The molecule has 0 saturated carbocycles. The van der Waals surface area contributed by atoms with E-state index >= 15 is 0 Å². The molecule has 0 rings (SSSR count). The third kappa shape index (κ3) is 10.0. The molecule has 0 bridgehead atoms. The maximum absolute atomic E-state index is 11.4. The monoisotopic (exact) mass is 322 g/mol. The Morgan fingerprint density at radius 2 is 1.86 bits per heavy atom. The Labute approximate surface area is 124 Å². The zero-order valence-corrected chi connectivity index (χ0v) is 12.8. The lowest BCUT2D eigenvalue weighted by atomic mass is 10.1. The number of hydrogen-bond acceptors (Lipinski definition) is 5. The number of unbranched alkanes of at least 4 members (excludes halogenated alkanes) is 4. The number of carboxylic acid groups (broad SMARTS) is 1. The van der Waals surface area contributed by atoms with Crippen LogP contribution in [0.3, 0.4) is 0 Å². The Hall–Kier alpha value is -1.41. The topological polar surface area (TPSA) is 118 Å². The van der Waals surface area contributed by atoms with Crippen LogP contribution in [0.2, 0.25) is 0 Å². The number of carbonyl (C=O) groups excluding carboxylic acids is 1. The first-order valence-corrected chi connectivity index (χ1v) is 8.29. The van der Waals surface area contributed by atoms with E-state index in [1.165, 1.54) is 0 Å². The summed E-state index contributed by atoms with van der Waals surface area (Å²) < 4.78 is 35.3. The SMILES string of the molecule is CCCCCCC=CCOC(=O)C(CC(=O)O)S(=O)(=O)O. The van der Waals surface area contributed by atoms with Gasteiger partial charge in [-0.05, 0) is 12.8 Å². The molecule has 0 fully saturated rings. The highest BCUT2D eigenvalue weighted by molar-refractivity contribution is 7.87. The van der Waals surface area contributed by atoms with Crippen molar-refractivity contribution < 1.29 is 32.4 Å². The van der Waals surface area contributed by atoms with Crippen LogP contribution in [0.5, 0.6) is 0 Å². The van der Waals surface area contributed by atoms with Crippen molar-refractivity contribution >= 4 is 22.1 Å². The minimum atomic E-state index is -4.80. The predicted molar refractivity (Wildman–Crippen MR) is 76.4 cm³/mol. The number of allylic oxidation sites excluding steroid dienone is 1. The van der Waals surface area contributed by atoms with Crippen LogP contribution in [0.1, 0.15) is 45.4 Å². The number of carbonyl (C=O) groups is 2. The van der Waals surface area contributed by atoms with Crippen LogP contribution in [0.4, 0.5) is 0 Å². The molecule has 0 aliphatic rings. The fourth-order valence-corrected chi connectivity index (χ4v) is 2.23. The maximum atomic E-state index is 11.4. The van der Waals surface area contributed by atoms with Crippen LogP contribution in [0, 0.1) is 0 Å². The summed E-state index contributed by atoms with van der Waals surface area (Å²) in [4.78, 5) is 21.9. The first-order chi connectivity index (χ1) is 9.79. The normalized spacial score (nSPS) is 13.2. The van der Waals surface area contributed by atoms with Crippen molar-refractivity contribution in [3.63, 3.8) is 0 Å². The van der Waals surface area contributed by atoms with Crippen LogP contribution >= 0.6 is 0 Å². The van der Waals surface area contributed by atoms with Crippen LogP contribution in [0.25, 0.3) is 0 Å². The molecule has 2 N–H and O–H groups in total. The van der Waals surface area contributed by atoms with Gasteiger partial charge in [0.1, 0.15) is 6.61 Å². The lowest BCUT2D eigenvalue weighted by Gasteiger charge is -2.10. The van der Waals surface area contributed by atoms with Crippen molar-refractivity contribution in [3.05, 3.63) is 12.2 Å². The molecule has 0 amide bonds. The Kier molecular flexibility index (Phi) is 9.64. The van der Waals surface area contributed by atoms with E-state index in [0.29, 0.717) is 0 Å². The van der Waals surface area contributed by atoms with Gasteiger partial charge in [0.25, 0.3) is 10.1 Å². The number of rotatable bonds is 11. The van der Waals surface area contributed by atoms with Gasteiger partial charge in [-0.2, -0.15) is 8.42 Å². The highest BCUT2D eigenvalue weighted by Crippen LogP contribution is 2.07. The molecular formula is C13H22O7S. The molecule has 0 aliphatic carbocycles. The van der Waals surface area contributed by atoms with Gasteiger partial charge < -0.3 is 9.84 Å². The molecular weight excluding hydrogens is 300 g/mol. The average molecular weight is 322 g/mol. The lowest BCUT2D eigenvalue weighted by Crippen LogP contribution is -2.33. The van der Waals surface area contributed by atoms with Crippen LogP contribution in [-0.2, 0) is 24.4 Å².